The van der Waals surface area contributed by atoms with Gasteiger partial charge in [-0.3, -0.25) is 9.20 Å². The first-order valence-electron chi connectivity index (χ1n) is 9.25. The normalized spacial score (nSPS) is 13.0. The molecule has 29 heavy (non-hydrogen) atoms. The molecule has 0 radical (unpaired) electrons. The van der Waals surface area contributed by atoms with Crippen molar-refractivity contribution in [2.24, 2.45) is 0 Å². The van der Waals surface area contributed by atoms with Gasteiger partial charge < -0.3 is 14.8 Å². The Labute approximate surface area is 171 Å². The van der Waals surface area contributed by atoms with E-state index >= 15 is 0 Å². The summed E-state index contributed by atoms with van der Waals surface area (Å²) in [6.07, 6.45) is 0. The molecular weight excluding hydrogens is 388 g/mol. The van der Waals surface area contributed by atoms with E-state index in [1.165, 1.54) is 11.8 Å². The van der Waals surface area contributed by atoms with E-state index in [1.54, 1.807) is 0 Å². The summed E-state index contributed by atoms with van der Waals surface area (Å²) in [5.74, 6) is 1.59. The van der Waals surface area contributed by atoms with Crippen LogP contribution in [0.2, 0.25) is 0 Å². The van der Waals surface area contributed by atoms with Crippen LogP contribution in [0.3, 0.4) is 0 Å². The second-order valence-corrected chi connectivity index (χ2v) is 7.67. The van der Waals surface area contributed by atoms with Crippen molar-refractivity contribution in [2.75, 3.05) is 24.3 Å². The van der Waals surface area contributed by atoms with Crippen molar-refractivity contribution in [1.82, 2.24) is 14.6 Å². The molecule has 0 saturated carbocycles. The van der Waals surface area contributed by atoms with Crippen molar-refractivity contribution >= 4 is 39.9 Å². The van der Waals surface area contributed by atoms with E-state index in [4.69, 9.17) is 9.47 Å². The Morgan fingerprint density at radius 2 is 1.86 bits per heavy atom. The molecule has 0 spiro atoms. The Balaban J connectivity index is 1.48. The minimum Gasteiger partial charge on any atom is -0.486 e. The van der Waals surface area contributed by atoms with Gasteiger partial charge in [0.1, 0.15) is 13.2 Å². The molecule has 7 nitrogen and oxygen atoms in total. The maximum atomic E-state index is 12.3. The smallest absolute Gasteiger partial charge is 0.234 e. The van der Waals surface area contributed by atoms with Crippen molar-refractivity contribution in [2.45, 2.75) is 12.1 Å². The van der Waals surface area contributed by atoms with E-state index in [0.29, 0.717) is 24.1 Å². The third-order valence-corrected chi connectivity index (χ3v) is 5.61. The van der Waals surface area contributed by atoms with Crippen LogP contribution in [0.25, 0.3) is 16.6 Å². The Hall–Kier alpha value is -3.26. The number of benzene rings is 2. The van der Waals surface area contributed by atoms with Crippen LogP contribution in [0.5, 0.6) is 11.5 Å². The number of amides is 1. The van der Waals surface area contributed by atoms with Crippen molar-refractivity contribution in [3.8, 4) is 11.5 Å². The first-order valence-corrected chi connectivity index (χ1v) is 10.2. The maximum Gasteiger partial charge on any atom is 0.234 e. The minimum atomic E-state index is -0.0935. The van der Waals surface area contributed by atoms with Gasteiger partial charge in [0, 0.05) is 17.1 Å². The van der Waals surface area contributed by atoms with E-state index in [2.05, 4.69) is 21.6 Å². The van der Waals surface area contributed by atoms with E-state index in [-0.39, 0.29) is 11.7 Å². The van der Waals surface area contributed by atoms with Crippen LogP contribution < -0.4 is 14.8 Å². The number of aromatic nitrogens is 3. The van der Waals surface area contributed by atoms with Gasteiger partial charge >= 0.3 is 0 Å². The molecule has 146 valence electrons. The molecule has 8 heteroatoms. The topological polar surface area (TPSA) is 77.8 Å². The Morgan fingerprint density at radius 1 is 1.10 bits per heavy atom. The van der Waals surface area contributed by atoms with E-state index in [1.807, 2.05) is 53.8 Å². The summed E-state index contributed by atoms with van der Waals surface area (Å²) in [6, 6.07) is 15.4. The molecule has 0 atom stereocenters. The molecular formula is C21H18N4O3S. The molecule has 0 bridgehead atoms. The number of ether oxygens (including phenoxy) is 2. The van der Waals surface area contributed by atoms with Crippen LogP contribution in [0, 0.1) is 6.92 Å². The number of pyridine rings is 1. The number of aryl methyl sites for hydroxylation is 1. The fraction of sp³-hybridized carbons (Fsp3) is 0.190. The molecule has 1 aliphatic rings. The highest BCUT2D eigenvalue weighted by Gasteiger charge is 2.18. The van der Waals surface area contributed by atoms with E-state index < -0.39 is 0 Å². The third-order valence-electron chi connectivity index (χ3n) is 4.68. The van der Waals surface area contributed by atoms with Crippen molar-refractivity contribution in [3.05, 3.63) is 54.1 Å². The quantitative estimate of drug-likeness (QED) is 0.521. The number of nitrogens with one attached hydrogen (secondary N) is 1. The van der Waals surface area contributed by atoms with Crippen molar-refractivity contribution < 1.29 is 14.3 Å². The monoisotopic (exact) mass is 406 g/mol. The molecule has 2 aromatic heterocycles. The molecule has 1 N–H and O–H groups in total. The molecule has 1 amide bonds. The van der Waals surface area contributed by atoms with Crippen LogP contribution in [0.1, 0.15) is 5.56 Å². The fourth-order valence-corrected chi connectivity index (χ4v) is 4.13. The van der Waals surface area contributed by atoms with Gasteiger partial charge in [-0.1, -0.05) is 30.0 Å². The molecule has 3 heterocycles. The summed E-state index contributed by atoms with van der Waals surface area (Å²) < 4.78 is 13.4. The van der Waals surface area contributed by atoms with Crippen LogP contribution in [0.4, 0.5) is 5.69 Å². The molecule has 2 aromatic carbocycles. The van der Waals surface area contributed by atoms with E-state index in [0.717, 1.165) is 33.6 Å². The Morgan fingerprint density at radius 3 is 2.66 bits per heavy atom. The highest BCUT2D eigenvalue weighted by Crippen LogP contribution is 2.36. The summed E-state index contributed by atoms with van der Waals surface area (Å²) in [5.41, 5.74) is 3.46. The summed E-state index contributed by atoms with van der Waals surface area (Å²) >= 11 is 1.35. The highest BCUT2D eigenvalue weighted by atomic mass is 32.2. The zero-order valence-electron chi connectivity index (χ0n) is 15.7. The lowest BCUT2D eigenvalue weighted by atomic mass is 10.1. The largest absolute Gasteiger partial charge is 0.486 e. The number of para-hydroxylation sites is 1. The van der Waals surface area contributed by atoms with Crippen LogP contribution in [0.15, 0.2) is 53.7 Å². The standard InChI is InChI=1S/C21H18N4O3S/c1-13-9-14-10-17-18(28-8-7-27-17)11-16(14)25-20(13)23-24-21(25)29-12-19(26)22-15-5-3-2-4-6-15/h2-6,9-11H,7-8,12H2,1H3,(H,22,26). The second-order valence-electron chi connectivity index (χ2n) is 6.73. The number of fused-ring (bicyclic) bond motifs is 4. The average molecular weight is 406 g/mol. The lowest BCUT2D eigenvalue weighted by molar-refractivity contribution is -0.113. The number of hydrogen-bond donors (Lipinski definition) is 1. The number of anilines is 1. The van der Waals surface area contributed by atoms with Gasteiger partial charge in [0.25, 0.3) is 0 Å². The van der Waals surface area contributed by atoms with Gasteiger partial charge in [-0.15, -0.1) is 10.2 Å². The predicted molar refractivity (Wildman–Crippen MR) is 112 cm³/mol. The number of rotatable bonds is 4. The van der Waals surface area contributed by atoms with Crippen molar-refractivity contribution in [3.63, 3.8) is 0 Å². The fourth-order valence-electron chi connectivity index (χ4n) is 3.39. The molecule has 1 aliphatic heterocycles. The number of nitrogens with zero attached hydrogens (tertiary/aromatic N) is 3. The lowest BCUT2D eigenvalue weighted by Gasteiger charge is -2.19. The maximum absolute atomic E-state index is 12.3. The van der Waals surface area contributed by atoms with Crippen molar-refractivity contribution in [1.29, 1.82) is 0 Å². The molecule has 0 aliphatic carbocycles. The van der Waals surface area contributed by atoms with Gasteiger partial charge in [-0.05, 0) is 36.8 Å². The van der Waals surface area contributed by atoms with Gasteiger partial charge in [0.2, 0.25) is 5.91 Å². The Bertz CT molecular complexity index is 1220. The summed E-state index contributed by atoms with van der Waals surface area (Å²) in [5, 5.41) is 13.2. The van der Waals surface area contributed by atoms with Gasteiger partial charge in [-0.2, -0.15) is 0 Å². The van der Waals surface area contributed by atoms with Crippen LogP contribution in [-0.2, 0) is 4.79 Å². The molecule has 4 aromatic rings. The molecule has 0 saturated heterocycles. The zero-order chi connectivity index (χ0) is 19.8. The molecule has 0 fully saturated rings. The average Bonchev–Trinajstić information content (AvgIpc) is 3.17. The predicted octanol–water partition coefficient (Wildman–Crippen LogP) is 3.69. The van der Waals surface area contributed by atoms with Gasteiger partial charge in [0.05, 0.1) is 11.3 Å². The first-order chi connectivity index (χ1) is 14.2. The van der Waals surface area contributed by atoms with Gasteiger partial charge in [-0.25, -0.2) is 0 Å². The first kappa shape index (κ1) is 17.8. The Kier molecular flexibility index (Phi) is 4.48. The lowest BCUT2D eigenvalue weighted by Crippen LogP contribution is -2.15. The molecule has 5 rings (SSSR count). The number of thioether (sulfide) groups is 1. The number of hydrogen-bond acceptors (Lipinski definition) is 6. The molecule has 0 unspecified atom stereocenters. The number of carbonyl (C=O) groups excluding carboxylic acids is 1. The van der Waals surface area contributed by atoms with Crippen LogP contribution in [-0.4, -0.2) is 39.5 Å². The highest BCUT2D eigenvalue weighted by molar-refractivity contribution is 7.99. The van der Waals surface area contributed by atoms with Gasteiger partial charge in [0.15, 0.2) is 22.3 Å². The minimum absolute atomic E-state index is 0.0935. The SMILES string of the molecule is Cc1cc2cc3c(cc2n2c(SCC(=O)Nc4ccccc4)nnc12)OCCO3. The third kappa shape index (κ3) is 3.36. The van der Waals surface area contributed by atoms with Crippen LogP contribution >= 0.6 is 11.8 Å². The summed E-state index contributed by atoms with van der Waals surface area (Å²) in [4.78, 5) is 12.3. The van der Waals surface area contributed by atoms with E-state index in [9.17, 15) is 4.79 Å². The number of carbonyl (C=O) groups is 1. The zero-order valence-corrected chi connectivity index (χ0v) is 16.5. The second kappa shape index (κ2) is 7.29. The summed E-state index contributed by atoms with van der Waals surface area (Å²) in [6.45, 7) is 3.07. The summed E-state index contributed by atoms with van der Waals surface area (Å²) in [7, 11) is 0.